The fraction of sp³-hybridized carbons (Fsp3) is 0.529. The average Bonchev–Trinajstić information content (AvgIpc) is 2.55. The third-order valence-corrected chi connectivity index (χ3v) is 4.47. The number of halogens is 1. The van der Waals surface area contributed by atoms with Crippen molar-refractivity contribution in [3.8, 4) is 0 Å². The van der Waals surface area contributed by atoms with Gasteiger partial charge in [0.1, 0.15) is 0 Å². The lowest BCUT2D eigenvalue weighted by Crippen LogP contribution is -2.55. The first-order valence-electron chi connectivity index (χ1n) is 7.91. The maximum absolute atomic E-state index is 12.4. The van der Waals surface area contributed by atoms with Gasteiger partial charge in [0.05, 0.1) is 23.4 Å². The summed E-state index contributed by atoms with van der Waals surface area (Å²) in [6.07, 6.45) is 0. The number of methoxy groups -OCH3 is 1. The predicted octanol–water partition coefficient (Wildman–Crippen LogP) is 3.07. The molecule has 7 heteroatoms. The van der Waals surface area contributed by atoms with Crippen LogP contribution in [0, 0.1) is 0 Å². The fourth-order valence-electron chi connectivity index (χ4n) is 2.64. The summed E-state index contributed by atoms with van der Waals surface area (Å²) in [5.74, 6) is -0.471. The number of esters is 1. The number of nitrogens with zero attached hydrogens (tertiary/aromatic N) is 2. The molecule has 0 spiro atoms. The van der Waals surface area contributed by atoms with Crippen LogP contribution >= 0.6 is 11.6 Å². The number of carbonyl (C=O) groups is 2. The first-order valence-corrected chi connectivity index (χ1v) is 8.29. The third-order valence-electron chi connectivity index (χ3n) is 4.14. The van der Waals surface area contributed by atoms with Gasteiger partial charge < -0.3 is 15.0 Å². The lowest BCUT2D eigenvalue weighted by Gasteiger charge is -2.42. The average molecular weight is 354 g/mol. The van der Waals surface area contributed by atoms with Gasteiger partial charge in [-0.2, -0.15) is 0 Å². The van der Waals surface area contributed by atoms with Crippen molar-refractivity contribution in [1.82, 2.24) is 9.80 Å². The van der Waals surface area contributed by atoms with Gasteiger partial charge >= 0.3 is 12.0 Å². The van der Waals surface area contributed by atoms with Gasteiger partial charge in [0.15, 0.2) is 0 Å². The van der Waals surface area contributed by atoms with Crippen molar-refractivity contribution in [2.45, 2.75) is 26.3 Å². The van der Waals surface area contributed by atoms with Crippen LogP contribution in [0.25, 0.3) is 0 Å². The van der Waals surface area contributed by atoms with Gasteiger partial charge in [-0.1, -0.05) is 11.6 Å². The van der Waals surface area contributed by atoms with Gasteiger partial charge in [-0.15, -0.1) is 0 Å². The van der Waals surface area contributed by atoms with E-state index in [9.17, 15) is 9.59 Å². The molecule has 1 fully saturated rings. The minimum Gasteiger partial charge on any atom is -0.465 e. The van der Waals surface area contributed by atoms with E-state index in [1.54, 1.807) is 17.0 Å². The van der Waals surface area contributed by atoms with E-state index in [1.807, 2.05) is 0 Å². The predicted molar refractivity (Wildman–Crippen MR) is 94.7 cm³/mol. The van der Waals surface area contributed by atoms with E-state index in [4.69, 9.17) is 11.6 Å². The molecule has 1 aromatic rings. The second kappa shape index (κ2) is 7.40. The van der Waals surface area contributed by atoms with E-state index in [1.165, 1.54) is 13.2 Å². The summed E-state index contributed by atoms with van der Waals surface area (Å²) in [5, 5.41) is 3.16. The van der Waals surface area contributed by atoms with Crippen molar-refractivity contribution in [2.75, 3.05) is 38.6 Å². The van der Waals surface area contributed by atoms with Crippen LogP contribution in [-0.2, 0) is 4.74 Å². The van der Waals surface area contributed by atoms with E-state index in [2.05, 4.69) is 35.7 Å². The van der Waals surface area contributed by atoms with E-state index in [-0.39, 0.29) is 11.6 Å². The zero-order chi connectivity index (χ0) is 17.9. The minimum atomic E-state index is -0.471. The Kier molecular flexibility index (Phi) is 5.72. The SMILES string of the molecule is COC(=O)c1ccc(Cl)c(NC(=O)N2CCN(C(C)(C)C)CC2)c1. The molecule has 0 unspecified atom stereocenters. The molecule has 0 atom stereocenters. The van der Waals surface area contributed by atoms with Crippen LogP contribution in [0.15, 0.2) is 18.2 Å². The lowest BCUT2D eigenvalue weighted by molar-refractivity contribution is 0.0600. The molecule has 1 saturated heterocycles. The molecule has 6 nitrogen and oxygen atoms in total. The second-order valence-electron chi connectivity index (χ2n) is 6.76. The molecule has 0 aliphatic carbocycles. The van der Waals surface area contributed by atoms with Crippen LogP contribution in [-0.4, -0.2) is 60.6 Å². The lowest BCUT2D eigenvalue weighted by atomic mass is 10.1. The number of urea groups is 1. The topological polar surface area (TPSA) is 61.9 Å². The molecule has 132 valence electrons. The Morgan fingerprint density at radius 3 is 2.33 bits per heavy atom. The van der Waals surface area contributed by atoms with Gasteiger partial charge in [-0.05, 0) is 39.0 Å². The standard InChI is InChI=1S/C17H24ClN3O3/c1-17(2,3)21-9-7-20(8-10-21)16(23)19-14-11-12(15(22)24-4)5-6-13(14)18/h5-6,11H,7-10H2,1-4H3,(H,19,23). The molecule has 1 aliphatic rings. The number of amides is 2. The van der Waals surface area contributed by atoms with Crippen LogP contribution < -0.4 is 5.32 Å². The molecule has 0 radical (unpaired) electrons. The Labute approximate surface area is 147 Å². The summed E-state index contributed by atoms with van der Waals surface area (Å²) in [6, 6.07) is 4.44. The summed E-state index contributed by atoms with van der Waals surface area (Å²) in [7, 11) is 1.31. The van der Waals surface area contributed by atoms with Crippen LogP contribution in [0.5, 0.6) is 0 Å². The summed E-state index contributed by atoms with van der Waals surface area (Å²) >= 11 is 6.12. The van der Waals surface area contributed by atoms with Crippen LogP contribution in [0.2, 0.25) is 5.02 Å². The highest BCUT2D eigenvalue weighted by Crippen LogP contribution is 2.24. The number of anilines is 1. The highest BCUT2D eigenvalue weighted by molar-refractivity contribution is 6.33. The quantitative estimate of drug-likeness (QED) is 0.830. The fourth-order valence-corrected chi connectivity index (χ4v) is 2.81. The number of hydrogen-bond acceptors (Lipinski definition) is 4. The highest BCUT2D eigenvalue weighted by atomic mass is 35.5. The number of benzene rings is 1. The number of carbonyl (C=O) groups excluding carboxylic acids is 2. The van der Waals surface area contributed by atoms with E-state index in [0.717, 1.165) is 13.1 Å². The normalized spacial score (nSPS) is 16.0. The number of hydrogen-bond donors (Lipinski definition) is 1. The van der Waals surface area contributed by atoms with E-state index >= 15 is 0 Å². The summed E-state index contributed by atoms with van der Waals surface area (Å²) in [6.45, 7) is 9.46. The maximum atomic E-state index is 12.4. The molecule has 0 bridgehead atoms. The number of nitrogens with one attached hydrogen (secondary N) is 1. The zero-order valence-electron chi connectivity index (χ0n) is 14.6. The van der Waals surface area contributed by atoms with Crippen molar-refractivity contribution >= 4 is 29.3 Å². The zero-order valence-corrected chi connectivity index (χ0v) is 15.3. The molecule has 1 aliphatic heterocycles. The maximum Gasteiger partial charge on any atom is 0.337 e. The molecule has 0 aromatic heterocycles. The van der Waals surface area contributed by atoms with Crippen LogP contribution in [0.1, 0.15) is 31.1 Å². The molecule has 1 aromatic carbocycles. The van der Waals surface area contributed by atoms with Gasteiger partial charge in [0, 0.05) is 31.7 Å². The molecule has 24 heavy (non-hydrogen) atoms. The molecule has 2 rings (SSSR count). The smallest absolute Gasteiger partial charge is 0.337 e. The first kappa shape index (κ1) is 18.5. The van der Waals surface area contributed by atoms with Gasteiger partial charge in [0.2, 0.25) is 0 Å². The highest BCUT2D eigenvalue weighted by Gasteiger charge is 2.28. The van der Waals surface area contributed by atoms with Gasteiger partial charge in [-0.3, -0.25) is 4.90 Å². The Morgan fingerprint density at radius 2 is 1.79 bits per heavy atom. The van der Waals surface area contributed by atoms with Crippen molar-refractivity contribution in [2.24, 2.45) is 0 Å². The molecule has 2 amide bonds. The number of rotatable bonds is 2. The Morgan fingerprint density at radius 1 is 1.17 bits per heavy atom. The van der Waals surface area contributed by atoms with Crippen molar-refractivity contribution in [3.05, 3.63) is 28.8 Å². The monoisotopic (exact) mass is 353 g/mol. The van der Waals surface area contributed by atoms with Crippen LogP contribution in [0.4, 0.5) is 10.5 Å². The summed E-state index contributed by atoms with van der Waals surface area (Å²) in [5.41, 5.74) is 0.846. The summed E-state index contributed by atoms with van der Waals surface area (Å²) < 4.78 is 4.69. The van der Waals surface area contributed by atoms with Crippen molar-refractivity contribution < 1.29 is 14.3 Å². The Bertz CT molecular complexity index is 620. The Hall–Kier alpha value is -1.79. The second-order valence-corrected chi connectivity index (χ2v) is 7.17. The minimum absolute atomic E-state index is 0.0979. The van der Waals surface area contributed by atoms with Crippen LogP contribution in [0.3, 0.4) is 0 Å². The Balaban J connectivity index is 2.02. The van der Waals surface area contributed by atoms with Crippen molar-refractivity contribution in [1.29, 1.82) is 0 Å². The third kappa shape index (κ3) is 4.39. The number of piperazine rings is 1. The van der Waals surface area contributed by atoms with E-state index < -0.39 is 5.97 Å². The van der Waals surface area contributed by atoms with E-state index in [0.29, 0.717) is 29.4 Å². The van der Waals surface area contributed by atoms with Gasteiger partial charge in [0.25, 0.3) is 0 Å². The molecule has 0 saturated carbocycles. The van der Waals surface area contributed by atoms with Crippen molar-refractivity contribution in [3.63, 3.8) is 0 Å². The largest absolute Gasteiger partial charge is 0.465 e. The molecular formula is C17H24ClN3O3. The van der Waals surface area contributed by atoms with Gasteiger partial charge in [-0.25, -0.2) is 9.59 Å². The number of ether oxygens (including phenoxy) is 1. The molecule has 1 heterocycles. The summed E-state index contributed by atoms with van der Waals surface area (Å²) in [4.78, 5) is 28.2. The molecular weight excluding hydrogens is 330 g/mol. The first-order chi connectivity index (χ1) is 11.2. The molecule has 1 N–H and O–H groups in total.